The summed E-state index contributed by atoms with van der Waals surface area (Å²) < 4.78 is 1.71. The van der Waals surface area contributed by atoms with Crippen LogP contribution in [0.25, 0.3) is 5.65 Å². The van der Waals surface area contributed by atoms with Crippen LogP contribution in [0, 0.1) is 0 Å². The molecule has 2 fully saturated rings. The summed E-state index contributed by atoms with van der Waals surface area (Å²) >= 11 is 0. The van der Waals surface area contributed by atoms with Crippen molar-refractivity contribution >= 4 is 34.9 Å². The molecule has 2 aromatic carbocycles. The lowest BCUT2D eigenvalue weighted by atomic mass is 9.86. The van der Waals surface area contributed by atoms with Crippen molar-refractivity contribution in [3.05, 3.63) is 77.6 Å². The second kappa shape index (κ2) is 13.4. The molecule has 46 heavy (non-hydrogen) atoms. The lowest BCUT2D eigenvalue weighted by molar-refractivity contribution is 0.0615. The second-order valence-corrected chi connectivity index (χ2v) is 13.1. The lowest BCUT2D eigenvalue weighted by Gasteiger charge is -2.34. The number of rotatable bonds is 8. The van der Waals surface area contributed by atoms with Gasteiger partial charge in [-0.05, 0) is 60.2 Å². The van der Waals surface area contributed by atoms with Crippen LogP contribution >= 0.6 is 0 Å². The molecule has 6 rings (SSSR count). The average Bonchev–Trinajstić information content (AvgIpc) is 3.54. The molecule has 1 atom stereocenters. The quantitative estimate of drug-likeness (QED) is 0.270. The molecule has 2 amide bonds. The highest BCUT2D eigenvalue weighted by molar-refractivity contribution is 5.95. The molecule has 12 nitrogen and oxygen atoms in total. The fourth-order valence-electron chi connectivity index (χ4n) is 6.03. The Morgan fingerprint density at radius 3 is 2.37 bits per heavy atom. The van der Waals surface area contributed by atoms with Gasteiger partial charge in [-0.15, -0.1) is 5.10 Å². The van der Waals surface area contributed by atoms with Crippen molar-refractivity contribution in [1.29, 1.82) is 0 Å². The van der Waals surface area contributed by atoms with Gasteiger partial charge in [-0.2, -0.15) is 4.98 Å². The van der Waals surface area contributed by atoms with E-state index in [1.54, 1.807) is 16.9 Å². The summed E-state index contributed by atoms with van der Waals surface area (Å²) in [7, 11) is 0. The summed E-state index contributed by atoms with van der Waals surface area (Å²) in [5, 5.41) is 20.5. The Balaban J connectivity index is 1.12. The van der Waals surface area contributed by atoms with Gasteiger partial charge in [0.25, 0.3) is 11.8 Å². The van der Waals surface area contributed by atoms with Gasteiger partial charge in [-0.3, -0.25) is 14.5 Å². The van der Waals surface area contributed by atoms with Crippen molar-refractivity contribution < 1.29 is 14.7 Å². The number of aromatic nitrogens is 4. The summed E-state index contributed by atoms with van der Waals surface area (Å²) in [4.78, 5) is 41.6. The van der Waals surface area contributed by atoms with Crippen molar-refractivity contribution in [3.8, 4) is 0 Å². The SMILES string of the molecule is CC(C)(C)c1ccc(C(=O)N[C@@H]2CCCN(c3nc(Nc4ccc(C(=O)N5CCN(CCO)CC5)cc4)c4nccn4n3)C2)cc1. The molecule has 2 aromatic heterocycles. The van der Waals surface area contributed by atoms with Gasteiger partial charge in [0, 0.05) is 81.1 Å². The number of carbonyl (C=O) groups excluding carboxylic acids is 2. The maximum atomic E-state index is 13.1. The largest absolute Gasteiger partial charge is 0.395 e. The van der Waals surface area contributed by atoms with Gasteiger partial charge >= 0.3 is 0 Å². The van der Waals surface area contributed by atoms with Crippen molar-refractivity contribution in [1.82, 2.24) is 34.7 Å². The number of fused-ring (bicyclic) bond motifs is 1. The summed E-state index contributed by atoms with van der Waals surface area (Å²) in [5.41, 5.74) is 3.87. The predicted octanol–water partition coefficient (Wildman–Crippen LogP) is 3.31. The zero-order valence-electron chi connectivity index (χ0n) is 26.8. The van der Waals surface area contributed by atoms with Gasteiger partial charge in [0.05, 0.1) is 6.61 Å². The number of imidazole rings is 1. The van der Waals surface area contributed by atoms with Gasteiger partial charge in [-0.1, -0.05) is 32.9 Å². The Bertz CT molecular complexity index is 1660. The van der Waals surface area contributed by atoms with Crippen molar-refractivity contribution in [2.45, 2.75) is 45.1 Å². The Labute approximate surface area is 269 Å². The van der Waals surface area contributed by atoms with Crippen LogP contribution < -0.4 is 15.5 Å². The molecule has 12 heteroatoms. The molecular formula is C34H43N9O3. The van der Waals surface area contributed by atoms with Crippen LogP contribution in [-0.4, -0.2) is 105 Å². The predicted molar refractivity (Wildman–Crippen MR) is 178 cm³/mol. The lowest BCUT2D eigenvalue weighted by Crippen LogP contribution is -2.49. The highest BCUT2D eigenvalue weighted by Gasteiger charge is 2.26. The summed E-state index contributed by atoms with van der Waals surface area (Å²) in [6, 6.07) is 15.2. The van der Waals surface area contributed by atoms with E-state index in [0.717, 1.165) is 38.2 Å². The molecule has 4 heterocycles. The van der Waals surface area contributed by atoms with E-state index in [1.807, 2.05) is 53.4 Å². The number of aliphatic hydroxyl groups excluding tert-OH is 1. The van der Waals surface area contributed by atoms with E-state index in [2.05, 4.69) is 46.2 Å². The third-order valence-electron chi connectivity index (χ3n) is 8.77. The zero-order chi connectivity index (χ0) is 32.3. The molecule has 0 radical (unpaired) electrons. The maximum absolute atomic E-state index is 13.1. The minimum atomic E-state index is -0.0773. The topological polar surface area (TPSA) is 131 Å². The molecule has 242 valence electrons. The number of hydrogen-bond acceptors (Lipinski definition) is 9. The van der Waals surface area contributed by atoms with E-state index in [0.29, 0.717) is 54.7 Å². The normalized spacial score (nSPS) is 17.7. The molecule has 2 aliphatic rings. The molecule has 4 aromatic rings. The first-order valence-electron chi connectivity index (χ1n) is 16.1. The van der Waals surface area contributed by atoms with Crippen LogP contribution in [-0.2, 0) is 5.41 Å². The number of carbonyl (C=O) groups is 2. The zero-order valence-corrected chi connectivity index (χ0v) is 26.8. The summed E-state index contributed by atoms with van der Waals surface area (Å²) in [6.45, 7) is 11.4. The average molecular weight is 626 g/mol. The van der Waals surface area contributed by atoms with Crippen LogP contribution in [0.3, 0.4) is 0 Å². The molecular weight excluding hydrogens is 582 g/mol. The number of aliphatic hydroxyl groups is 1. The highest BCUT2D eigenvalue weighted by Crippen LogP contribution is 2.25. The van der Waals surface area contributed by atoms with Crippen molar-refractivity contribution in [3.63, 3.8) is 0 Å². The van der Waals surface area contributed by atoms with E-state index in [4.69, 9.17) is 10.1 Å². The summed E-state index contributed by atoms with van der Waals surface area (Å²) in [6.07, 6.45) is 5.25. The number of hydrogen-bond donors (Lipinski definition) is 3. The van der Waals surface area contributed by atoms with E-state index in [1.165, 1.54) is 5.56 Å². The van der Waals surface area contributed by atoms with Crippen LogP contribution in [0.2, 0.25) is 0 Å². The first-order valence-corrected chi connectivity index (χ1v) is 16.1. The molecule has 0 aliphatic carbocycles. The first-order chi connectivity index (χ1) is 22.2. The third-order valence-corrected chi connectivity index (χ3v) is 8.77. The maximum Gasteiger partial charge on any atom is 0.253 e. The first kappa shape index (κ1) is 31.4. The van der Waals surface area contributed by atoms with E-state index in [9.17, 15) is 14.7 Å². The number of piperazine rings is 1. The third kappa shape index (κ3) is 7.13. The number of benzene rings is 2. The molecule has 2 saturated heterocycles. The van der Waals surface area contributed by atoms with Gasteiger partial charge in [0.1, 0.15) is 0 Å². The molecule has 0 bridgehead atoms. The van der Waals surface area contributed by atoms with Crippen LogP contribution in [0.5, 0.6) is 0 Å². The fraction of sp³-hybridized carbons (Fsp3) is 0.441. The number of amides is 2. The van der Waals surface area contributed by atoms with E-state index >= 15 is 0 Å². The Morgan fingerprint density at radius 2 is 1.67 bits per heavy atom. The smallest absolute Gasteiger partial charge is 0.253 e. The van der Waals surface area contributed by atoms with Crippen LogP contribution in [0.15, 0.2) is 60.9 Å². The Hall–Kier alpha value is -4.55. The molecule has 2 aliphatic heterocycles. The van der Waals surface area contributed by atoms with Crippen LogP contribution in [0.4, 0.5) is 17.5 Å². The number of β-amino-alcohol motifs (C(OH)–C–C–N with tert-alkyl or cyclic N) is 1. The fourth-order valence-corrected chi connectivity index (χ4v) is 6.03. The highest BCUT2D eigenvalue weighted by atomic mass is 16.3. The Morgan fingerprint density at radius 1 is 0.957 bits per heavy atom. The van der Waals surface area contributed by atoms with Crippen molar-refractivity contribution in [2.75, 3.05) is 62.6 Å². The second-order valence-electron chi connectivity index (χ2n) is 13.1. The minimum absolute atomic E-state index is 0.00355. The van der Waals surface area contributed by atoms with E-state index < -0.39 is 0 Å². The minimum Gasteiger partial charge on any atom is -0.395 e. The van der Waals surface area contributed by atoms with Crippen LogP contribution in [0.1, 0.15) is 59.9 Å². The number of nitrogens with one attached hydrogen (secondary N) is 2. The molecule has 0 saturated carbocycles. The van der Waals surface area contributed by atoms with Gasteiger partial charge < -0.3 is 25.5 Å². The van der Waals surface area contributed by atoms with Gasteiger partial charge in [0.15, 0.2) is 11.5 Å². The molecule has 0 spiro atoms. The molecule has 3 N–H and O–H groups in total. The molecule has 0 unspecified atom stereocenters. The van der Waals surface area contributed by atoms with Crippen molar-refractivity contribution in [2.24, 2.45) is 0 Å². The standard InChI is InChI=1S/C34H43N9O3/c1-34(2,3)26-10-6-24(7-11-26)31(45)37-28-5-4-15-42(23-28)33-38-29(30-35-14-16-43(30)39-33)36-27-12-8-25(9-13-27)32(46)41-19-17-40(18-20-41)21-22-44/h6-14,16,28,44H,4-5,15,17-23H2,1-3H3,(H,37,45)(H,36,38,39)/t28-/m1/s1. The van der Waals surface area contributed by atoms with Gasteiger partial charge in [-0.25, -0.2) is 9.50 Å². The van der Waals surface area contributed by atoms with E-state index in [-0.39, 0.29) is 29.9 Å². The number of piperidine rings is 1. The van der Waals surface area contributed by atoms with Gasteiger partial charge in [0.2, 0.25) is 5.95 Å². The Kier molecular flexibility index (Phi) is 9.18. The number of nitrogens with zero attached hydrogens (tertiary/aromatic N) is 7. The number of anilines is 3. The monoisotopic (exact) mass is 625 g/mol. The summed E-state index contributed by atoms with van der Waals surface area (Å²) in [5.74, 6) is 1.03.